The molecule has 3 heteroatoms. The Morgan fingerprint density at radius 1 is 0.469 bits per heavy atom. The normalized spacial score (nSPS) is 8.78. The molecule has 0 N–H and O–H groups in total. The maximum absolute atomic E-state index is 3.69. The van der Waals surface area contributed by atoms with E-state index in [1.54, 1.807) is 0 Å². The van der Waals surface area contributed by atoms with Gasteiger partial charge in [0.15, 0.2) is 0 Å². The molecule has 0 saturated carbocycles. The number of fused-ring (bicyclic) bond motifs is 2. The van der Waals surface area contributed by atoms with Crippen molar-refractivity contribution in [2.75, 3.05) is 0 Å². The van der Waals surface area contributed by atoms with Crippen molar-refractivity contribution >= 4 is 138 Å². The van der Waals surface area contributed by atoms with Crippen LogP contribution in [0, 0.1) is 6.92 Å². The Balaban J connectivity index is 0.000000431. The Kier molecular flexibility index (Phi) is 18.3. The summed E-state index contributed by atoms with van der Waals surface area (Å²) in [6.07, 6.45) is 1.87. The van der Waals surface area contributed by atoms with Gasteiger partial charge in [0.1, 0.15) is 0 Å². The third kappa shape index (κ3) is 10.5. The topological polar surface area (TPSA) is 0 Å². The van der Waals surface area contributed by atoms with E-state index in [-0.39, 0.29) is 110 Å². The quantitative estimate of drug-likeness (QED) is 0.254. The summed E-state index contributed by atoms with van der Waals surface area (Å²) < 4.78 is 0. The van der Waals surface area contributed by atoms with Gasteiger partial charge in [0, 0.05) is 0 Å². The van der Waals surface area contributed by atoms with E-state index in [1.165, 1.54) is 32.7 Å². The van der Waals surface area contributed by atoms with E-state index < -0.39 is 0 Å². The molecule has 5 aromatic rings. The van der Waals surface area contributed by atoms with Crippen LogP contribution in [0.5, 0.6) is 0 Å². The Bertz CT molecular complexity index is 1000. The smallest absolute Gasteiger partial charge is 0.0184 e. The van der Waals surface area contributed by atoms with Crippen LogP contribution in [0.4, 0.5) is 0 Å². The first-order valence-corrected chi connectivity index (χ1v) is 9.83. The summed E-state index contributed by atoms with van der Waals surface area (Å²) in [5.41, 5.74) is 2.50. The predicted octanol–water partition coefficient (Wildman–Crippen LogP) is 6.37. The van der Waals surface area contributed by atoms with Crippen molar-refractivity contribution in [2.24, 2.45) is 0 Å². The van der Waals surface area contributed by atoms with E-state index in [4.69, 9.17) is 0 Å². The maximum atomic E-state index is 3.69. The van der Waals surface area contributed by atoms with Gasteiger partial charge in [0.05, 0.1) is 0 Å². The minimum absolute atomic E-state index is 0. The third-order valence-corrected chi connectivity index (χ3v) is 4.73. The van der Waals surface area contributed by atoms with Gasteiger partial charge in [-0.05, 0) is 39.6 Å². The van der Waals surface area contributed by atoms with Crippen molar-refractivity contribution in [3.8, 4) is 0 Å². The summed E-state index contributed by atoms with van der Waals surface area (Å²) in [4.78, 5) is 0. The Labute approximate surface area is 279 Å². The molecule has 5 aromatic carbocycles. The van der Waals surface area contributed by atoms with E-state index in [0.717, 1.165) is 0 Å². The molecule has 0 saturated heterocycles. The van der Waals surface area contributed by atoms with Crippen molar-refractivity contribution in [3.63, 3.8) is 0 Å². The van der Waals surface area contributed by atoms with Crippen LogP contribution in [0.25, 0.3) is 27.6 Å². The molecule has 0 aliphatic rings. The van der Waals surface area contributed by atoms with Crippen LogP contribution in [-0.2, 0) is 0 Å². The Morgan fingerprint density at radius 3 is 0.938 bits per heavy atom. The van der Waals surface area contributed by atoms with Gasteiger partial charge in [-0.1, -0.05) is 134 Å². The second-order valence-corrected chi connectivity index (χ2v) is 6.76. The standard InChI is InChI=1S/2C10H8.C9H10.K.2Na.3H/c2*1-2-6-10-8-4-3-7-9(10)5-1;1-3-9-7-5-4-6-8(9)2;;;;;;/h2*1-8H;3-7H,1H2,2H3;;;;;;. The molecule has 0 atom stereocenters. The molecule has 0 bridgehead atoms. The van der Waals surface area contributed by atoms with Crippen LogP contribution in [0.2, 0.25) is 0 Å². The Morgan fingerprint density at radius 2 is 0.719 bits per heavy atom. The molecule has 0 aromatic heterocycles. The summed E-state index contributed by atoms with van der Waals surface area (Å²) in [5.74, 6) is 0. The molecule has 0 radical (unpaired) electrons. The van der Waals surface area contributed by atoms with Gasteiger partial charge in [-0.3, -0.25) is 0 Å². The zero-order valence-electron chi connectivity index (χ0n) is 16.8. The van der Waals surface area contributed by atoms with E-state index >= 15 is 0 Å². The van der Waals surface area contributed by atoms with Crippen LogP contribution < -0.4 is 0 Å². The fourth-order valence-electron chi connectivity index (χ4n) is 3.08. The zero-order chi connectivity index (χ0) is 20.3. The molecule has 0 spiro atoms. The van der Waals surface area contributed by atoms with Crippen LogP contribution in [0.15, 0.2) is 128 Å². The second kappa shape index (κ2) is 18.3. The van der Waals surface area contributed by atoms with Crippen molar-refractivity contribution in [2.45, 2.75) is 6.92 Å². The maximum Gasteiger partial charge on any atom is -0.0184 e. The number of benzene rings is 5. The molecule has 0 amide bonds. The van der Waals surface area contributed by atoms with E-state index in [0.29, 0.717) is 0 Å². The number of aryl methyl sites for hydroxylation is 1. The summed E-state index contributed by atoms with van der Waals surface area (Å²) in [5, 5.41) is 5.24. The number of rotatable bonds is 1. The van der Waals surface area contributed by atoms with Crippen molar-refractivity contribution in [1.29, 1.82) is 0 Å². The molecule has 0 nitrogen and oxygen atoms in total. The zero-order valence-corrected chi connectivity index (χ0v) is 16.8. The number of hydrogen-bond donors (Lipinski definition) is 0. The van der Waals surface area contributed by atoms with Crippen LogP contribution in [-0.4, -0.2) is 110 Å². The molecule has 0 heterocycles. The average Bonchev–Trinajstić information content (AvgIpc) is 2.80. The van der Waals surface area contributed by atoms with Crippen molar-refractivity contribution in [3.05, 3.63) is 139 Å². The molecular weight excluding hydrogens is 433 g/mol. The first-order valence-electron chi connectivity index (χ1n) is 9.83. The fourth-order valence-corrected chi connectivity index (χ4v) is 3.08. The van der Waals surface area contributed by atoms with Gasteiger partial charge in [-0.2, -0.15) is 0 Å². The minimum Gasteiger partial charge on any atom is -0.0616 e. The van der Waals surface area contributed by atoms with Crippen molar-refractivity contribution < 1.29 is 0 Å². The van der Waals surface area contributed by atoms with Gasteiger partial charge in [0.25, 0.3) is 0 Å². The van der Waals surface area contributed by atoms with Gasteiger partial charge >= 0.3 is 110 Å². The summed E-state index contributed by atoms with van der Waals surface area (Å²) in [6.45, 7) is 5.77. The minimum atomic E-state index is 0. The largest absolute Gasteiger partial charge is 0.0616 e. The molecule has 0 aliphatic heterocycles. The second-order valence-electron chi connectivity index (χ2n) is 6.76. The SMILES string of the molecule is C=Cc1ccccc1C.[KH].[NaH].[NaH].c1ccc2ccccc2c1.c1ccc2ccccc2c1. The van der Waals surface area contributed by atoms with Gasteiger partial charge in [-0.15, -0.1) is 0 Å². The molecule has 0 aliphatic carbocycles. The first-order chi connectivity index (χ1) is 14.3. The fraction of sp³-hybridized carbons (Fsp3) is 0.0345. The van der Waals surface area contributed by atoms with Crippen LogP contribution in [0.3, 0.4) is 0 Å². The molecule has 0 unspecified atom stereocenters. The van der Waals surface area contributed by atoms with E-state index in [1.807, 2.05) is 18.2 Å². The van der Waals surface area contributed by atoms with Gasteiger partial charge in [-0.25, -0.2) is 0 Å². The van der Waals surface area contributed by atoms with E-state index in [2.05, 4.69) is 123 Å². The summed E-state index contributed by atoms with van der Waals surface area (Å²) in [6, 6.07) is 41.6. The average molecular weight is 463 g/mol. The molecule has 0 fully saturated rings. The monoisotopic (exact) mass is 462 g/mol. The molecule has 148 valence electrons. The molecular formula is C29H29KNa2. The predicted molar refractivity (Wildman–Crippen MR) is 151 cm³/mol. The van der Waals surface area contributed by atoms with Gasteiger partial charge in [0.2, 0.25) is 0 Å². The van der Waals surface area contributed by atoms with Gasteiger partial charge < -0.3 is 0 Å². The summed E-state index contributed by atoms with van der Waals surface area (Å²) >= 11 is 0. The van der Waals surface area contributed by atoms with Crippen LogP contribution >= 0.6 is 0 Å². The van der Waals surface area contributed by atoms with E-state index in [9.17, 15) is 0 Å². The third-order valence-electron chi connectivity index (χ3n) is 4.73. The first kappa shape index (κ1) is 32.0. The van der Waals surface area contributed by atoms with Crippen molar-refractivity contribution in [1.82, 2.24) is 0 Å². The number of hydrogen-bond acceptors (Lipinski definition) is 0. The molecule has 32 heavy (non-hydrogen) atoms. The summed E-state index contributed by atoms with van der Waals surface area (Å²) in [7, 11) is 0. The Hall–Kier alpha value is -0.00364. The molecule has 5 rings (SSSR count). The van der Waals surface area contributed by atoms with Crippen LogP contribution in [0.1, 0.15) is 11.1 Å².